The van der Waals surface area contributed by atoms with Crippen LogP contribution in [0.5, 0.6) is 0 Å². The molecular formula is C18H22N4O. The monoisotopic (exact) mass is 310 g/mol. The van der Waals surface area contributed by atoms with Crippen LogP contribution in [0.1, 0.15) is 41.7 Å². The van der Waals surface area contributed by atoms with Crippen molar-refractivity contribution in [2.45, 2.75) is 38.1 Å². The van der Waals surface area contributed by atoms with Gasteiger partial charge in [0.05, 0.1) is 0 Å². The van der Waals surface area contributed by atoms with Crippen LogP contribution in [0, 0.1) is 5.92 Å². The molecule has 1 amide bonds. The maximum absolute atomic E-state index is 12.5. The molecule has 3 rings (SSSR count). The van der Waals surface area contributed by atoms with Crippen molar-refractivity contribution in [3.63, 3.8) is 0 Å². The van der Waals surface area contributed by atoms with Crippen molar-refractivity contribution in [3.05, 3.63) is 54.0 Å². The predicted octanol–water partition coefficient (Wildman–Crippen LogP) is 2.59. The molecule has 0 saturated heterocycles. The Morgan fingerprint density at radius 2 is 1.87 bits per heavy atom. The molecule has 3 N–H and O–H groups in total. The molecule has 120 valence electrons. The van der Waals surface area contributed by atoms with Crippen molar-refractivity contribution in [1.82, 2.24) is 15.3 Å². The highest BCUT2D eigenvalue weighted by atomic mass is 16.2. The lowest BCUT2D eigenvalue weighted by Crippen LogP contribution is -2.41. The van der Waals surface area contributed by atoms with Gasteiger partial charge in [0, 0.05) is 18.4 Å². The van der Waals surface area contributed by atoms with E-state index < -0.39 is 0 Å². The summed E-state index contributed by atoms with van der Waals surface area (Å²) in [6, 6.07) is 10.4. The van der Waals surface area contributed by atoms with Crippen LogP contribution in [-0.4, -0.2) is 21.9 Å². The first kappa shape index (κ1) is 15.5. The third-order valence-electron chi connectivity index (χ3n) is 4.53. The second kappa shape index (κ2) is 7.22. The molecule has 0 aliphatic heterocycles. The van der Waals surface area contributed by atoms with Crippen LogP contribution >= 0.6 is 0 Å². The number of carbonyl (C=O) groups excluding carboxylic acids is 1. The second-order valence-corrected chi connectivity index (χ2v) is 6.10. The number of rotatable bonds is 5. The minimum Gasteiger partial charge on any atom is -0.382 e. The number of carbonyl (C=O) groups is 1. The number of anilines is 1. The van der Waals surface area contributed by atoms with Gasteiger partial charge in [-0.3, -0.25) is 4.79 Å². The normalized spacial score (nSPS) is 16.2. The van der Waals surface area contributed by atoms with E-state index in [9.17, 15) is 4.79 Å². The summed E-state index contributed by atoms with van der Waals surface area (Å²) in [4.78, 5) is 20.5. The molecule has 0 spiro atoms. The molecule has 1 saturated carbocycles. The summed E-state index contributed by atoms with van der Waals surface area (Å²) in [6.07, 6.45) is 8.61. The fourth-order valence-electron chi connectivity index (χ4n) is 3.32. The van der Waals surface area contributed by atoms with Crippen LogP contribution in [0.25, 0.3) is 0 Å². The average molecular weight is 310 g/mol. The average Bonchev–Trinajstić information content (AvgIpc) is 3.10. The van der Waals surface area contributed by atoms with Crippen LogP contribution in [-0.2, 0) is 6.42 Å². The third-order valence-corrected chi connectivity index (χ3v) is 4.53. The number of hydrogen-bond donors (Lipinski definition) is 2. The van der Waals surface area contributed by atoms with E-state index in [0.29, 0.717) is 5.92 Å². The molecule has 0 bridgehead atoms. The zero-order valence-electron chi connectivity index (χ0n) is 13.1. The molecule has 1 aromatic heterocycles. The first-order chi connectivity index (χ1) is 11.2. The maximum atomic E-state index is 12.5. The molecule has 0 radical (unpaired) electrons. The summed E-state index contributed by atoms with van der Waals surface area (Å²) in [5, 5.41) is 3.14. The van der Waals surface area contributed by atoms with Crippen molar-refractivity contribution in [1.29, 1.82) is 0 Å². The number of nitrogens with two attached hydrogens (primary N) is 1. The highest BCUT2D eigenvalue weighted by molar-refractivity contribution is 5.96. The molecule has 5 heteroatoms. The summed E-state index contributed by atoms with van der Waals surface area (Å²) in [5.74, 6) is 0.454. The van der Waals surface area contributed by atoms with Gasteiger partial charge in [-0.15, -0.1) is 0 Å². The molecule has 1 atom stereocenters. The van der Waals surface area contributed by atoms with E-state index in [1.54, 1.807) is 0 Å². The van der Waals surface area contributed by atoms with Crippen LogP contribution in [0.2, 0.25) is 0 Å². The third kappa shape index (κ3) is 3.86. The molecule has 2 aromatic rings. The minimum atomic E-state index is -0.233. The van der Waals surface area contributed by atoms with Gasteiger partial charge in [0.1, 0.15) is 0 Å². The van der Waals surface area contributed by atoms with Gasteiger partial charge in [-0.1, -0.05) is 43.2 Å². The van der Waals surface area contributed by atoms with E-state index in [2.05, 4.69) is 27.4 Å². The Morgan fingerprint density at radius 3 is 2.57 bits per heavy atom. The van der Waals surface area contributed by atoms with Crippen molar-refractivity contribution >= 4 is 11.7 Å². The SMILES string of the molecule is Nc1nccnc1C(=O)N[C@@H](Cc1ccccc1)C1CCCC1. The first-order valence-corrected chi connectivity index (χ1v) is 8.15. The zero-order chi connectivity index (χ0) is 16.1. The van der Waals surface area contributed by atoms with E-state index in [0.717, 1.165) is 19.3 Å². The van der Waals surface area contributed by atoms with Gasteiger partial charge in [-0.2, -0.15) is 0 Å². The largest absolute Gasteiger partial charge is 0.382 e. The second-order valence-electron chi connectivity index (χ2n) is 6.10. The number of aromatic nitrogens is 2. The Kier molecular flexibility index (Phi) is 4.86. The van der Waals surface area contributed by atoms with E-state index in [4.69, 9.17) is 5.73 Å². The first-order valence-electron chi connectivity index (χ1n) is 8.15. The molecule has 23 heavy (non-hydrogen) atoms. The highest BCUT2D eigenvalue weighted by Crippen LogP contribution is 2.29. The van der Waals surface area contributed by atoms with Gasteiger partial charge in [0.15, 0.2) is 11.5 Å². The number of nitrogen functional groups attached to an aromatic ring is 1. The molecule has 0 unspecified atom stereocenters. The number of nitrogens with one attached hydrogen (secondary N) is 1. The Bertz CT molecular complexity index is 653. The van der Waals surface area contributed by atoms with Crippen molar-refractivity contribution < 1.29 is 4.79 Å². The summed E-state index contributed by atoms with van der Waals surface area (Å²) >= 11 is 0. The quantitative estimate of drug-likeness (QED) is 0.889. The lowest BCUT2D eigenvalue weighted by atomic mass is 9.92. The molecule has 1 aliphatic rings. The number of amides is 1. The molecule has 1 fully saturated rings. The molecule has 5 nitrogen and oxygen atoms in total. The standard InChI is InChI=1S/C18H22N4O/c19-17-16(20-10-11-21-17)18(23)22-15(14-8-4-5-9-14)12-13-6-2-1-3-7-13/h1-3,6-7,10-11,14-15H,4-5,8-9,12H2,(H2,19,21)(H,22,23)/t15-/m0/s1. The van der Waals surface area contributed by atoms with E-state index >= 15 is 0 Å². The van der Waals surface area contributed by atoms with Crippen molar-refractivity contribution in [2.75, 3.05) is 5.73 Å². The number of benzene rings is 1. The summed E-state index contributed by atoms with van der Waals surface area (Å²) in [7, 11) is 0. The molecule has 1 aromatic carbocycles. The molecular weight excluding hydrogens is 288 g/mol. The van der Waals surface area contributed by atoms with Crippen LogP contribution in [0.4, 0.5) is 5.82 Å². The highest BCUT2D eigenvalue weighted by Gasteiger charge is 2.27. The van der Waals surface area contributed by atoms with Gasteiger partial charge < -0.3 is 11.1 Å². The summed E-state index contributed by atoms with van der Waals surface area (Å²) in [5.41, 5.74) is 7.21. The zero-order valence-corrected chi connectivity index (χ0v) is 13.1. The molecule has 1 heterocycles. The van der Waals surface area contributed by atoms with E-state index in [1.165, 1.54) is 30.8 Å². The topological polar surface area (TPSA) is 80.9 Å². The Hall–Kier alpha value is -2.43. The van der Waals surface area contributed by atoms with Gasteiger partial charge in [-0.05, 0) is 30.7 Å². The summed E-state index contributed by atoms with van der Waals surface area (Å²) < 4.78 is 0. The lowest BCUT2D eigenvalue weighted by molar-refractivity contribution is 0.0917. The summed E-state index contributed by atoms with van der Waals surface area (Å²) in [6.45, 7) is 0. The Balaban J connectivity index is 1.75. The van der Waals surface area contributed by atoms with Crippen molar-refractivity contribution in [3.8, 4) is 0 Å². The number of hydrogen-bond acceptors (Lipinski definition) is 4. The van der Waals surface area contributed by atoms with Crippen LogP contribution in [0.3, 0.4) is 0 Å². The maximum Gasteiger partial charge on any atom is 0.273 e. The van der Waals surface area contributed by atoms with Crippen LogP contribution in [0.15, 0.2) is 42.7 Å². The van der Waals surface area contributed by atoms with Gasteiger partial charge >= 0.3 is 0 Å². The fraction of sp³-hybridized carbons (Fsp3) is 0.389. The number of nitrogens with zero attached hydrogens (tertiary/aromatic N) is 2. The fourth-order valence-corrected chi connectivity index (χ4v) is 3.32. The Morgan fingerprint density at radius 1 is 1.17 bits per heavy atom. The van der Waals surface area contributed by atoms with Gasteiger partial charge in [0.25, 0.3) is 5.91 Å². The van der Waals surface area contributed by atoms with E-state index in [-0.39, 0.29) is 23.5 Å². The lowest BCUT2D eigenvalue weighted by Gasteiger charge is -2.25. The van der Waals surface area contributed by atoms with Gasteiger partial charge in [0.2, 0.25) is 0 Å². The smallest absolute Gasteiger partial charge is 0.273 e. The van der Waals surface area contributed by atoms with Crippen LogP contribution < -0.4 is 11.1 Å². The van der Waals surface area contributed by atoms with Gasteiger partial charge in [-0.25, -0.2) is 9.97 Å². The van der Waals surface area contributed by atoms with E-state index in [1.807, 2.05) is 18.2 Å². The minimum absolute atomic E-state index is 0.105. The Labute approximate surface area is 136 Å². The molecule has 1 aliphatic carbocycles. The van der Waals surface area contributed by atoms with Crippen molar-refractivity contribution in [2.24, 2.45) is 5.92 Å². The predicted molar refractivity (Wildman–Crippen MR) is 89.8 cm³/mol.